The number of nitrogens with zero attached hydrogens (tertiary/aromatic N) is 2. The van der Waals surface area contributed by atoms with Crippen molar-refractivity contribution in [1.82, 2.24) is 10.2 Å². The molecule has 0 N–H and O–H groups in total. The number of hydroxylamine groups is 2. The Morgan fingerprint density at radius 3 is 2.36 bits per heavy atom. The predicted molar refractivity (Wildman–Crippen MR) is 99.6 cm³/mol. The zero-order valence-corrected chi connectivity index (χ0v) is 15.6. The zero-order valence-electron chi connectivity index (χ0n) is 14.7. The van der Waals surface area contributed by atoms with Gasteiger partial charge in [-0.05, 0) is 31.2 Å². The van der Waals surface area contributed by atoms with Crippen LogP contribution in [0.2, 0.25) is 0 Å². The molecule has 28 heavy (non-hydrogen) atoms. The molecule has 0 aliphatic carbocycles. The average molecular weight is 394 g/mol. The molecule has 1 aliphatic heterocycles. The second-order valence-electron chi connectivity index (χ2n) is 6.05. The summed E-state index contributed by atoms with van der Waals surface area (Å²) in [6.45, 7) is 1.82. The summed E-state index contributed by atoms with van der Waals surface area (Å²) in [6, 6.07) is 14.9. The molecule has 2 amide bonds. The van der Waals surface area contributed by atoms with Crippen molar-refractivity contribution in [3.63, 3.8) is 0 Å². The highest BCUT2D eigenvalue weighted by molar-refractivity contribution is 7.98. The van der Waals surface area contributed by atoms with Crippen LogP contribution in [0.25, 0.3) is 0 Å². The molecular formula is C20H14N2O5S. The Kier molecular flexibility index (Phi) is 4.70. The van der Waals surface area contributed by atoms with Gasteiger partial charge in [0.05, 0.1) is 28.1 Å². The molecule has 8 heteroatoms. The van der Waals surface area contributed by atoms with Gasteiger partial charge in [-0.15, -0.1) is 11.8 Å². The zero-order chi connectivity index (χ0) is 19.7. The Labute approximate surface area is 164 Å². The largest absolute Gasteiger partial charge is 0.365 e. The van der Waals surface area contributed by atoms with Gasteiger partial charge in [0.1, 0.15) is 5.76 Å². The molecule has 0 saturated heterocycles. The van der Waals surface area contributed by atoms with Gasteiger partial charge in [-0.2, -0.15) is 0 Å². The first kappa shape index (κ1) is 18.0. The van der Waals surface area contributed by atoms with Gasteiger partial charge in [0.15, 0.2) is 0 Å². The normalized spacial score (nSPS) is 13.0. The maximum atomic E-state index is 12.7. The van der Waals surface area contributed by atoms with Crippen molar-refractivity contribution in [2.24, 2.45) is 0 Å². The molecule has 0 radical (unpaired) electrons. The summed E-state index contributed by atoms with van der Waals surface area (Å²) in [5, 5.41) is 4.34. The molecule has 0 spiro atoms. The highest BCUT2D eigenvalue weighted by Gasteiger charge is 2.39. The fourth-order valence-electron chi connectivity index (χ4n) is 2.78. The topological polar surface area (TPSA) is 89.7 Å². The number of imide groups is 1. The number of hydrogen-bond acceptors (Lipinski definition) is 7. The smallest absolute Gasteiger partial charge is 0.360 e. The molecule has 2 aromatic carbocycles. The van der Waals surface area contributed by atoms with Gasteiger partial charge >= 0.3 is 5.97 Å². The van der Waals surface area contributed by atoms with Crippen molar-refractivity contribution in [3.8, 4) is 0 Å². The number of hydrogen-bond donors (Lipinski definition) is 0. The molecule has 7 nitrogen and oxygen atoms in total. The summed E-state index contributed by atoms with van der Waals surface area (Å²) in [5.41, 5.74) is 1.45. The van der Waals surface area contributed by atoms with Crippen LogP contribution in [-0.4, -0.2) is 28.0 Å². The summed E-state index contributed by atoms with van der Waals surface area (Å²) < 4.78 is 5.17. The van der Waals surface area contributed by atoms with Crippen molar-refractivity contribution in [2.45, 2.75) is 17.6 Å². The Balaban J connectivity index is 1.51. The SMILES string of the molecule is Cc1cc(CSc2ccccc2C(=O)ON2C(=O)c3ccccc3C2=O)on1. The Hall–Kier alpha value is -3.39. The standard InChI is InChI=1S/C20H14N2O5S/c1-12-10-13(26-21-12)11-28-17-9-5-4-8-16(17)20(25)27-22-18(23)14-6-2-3-7-15(14)19(22)24/h2-10H,11H2,1H3. The highest BCUT2D eigenvalue weighted by atomic mass is 32.2. The fourth-order valence-corrected chi connectivity index (χ4v) is 3.69. The van der Waals surface area contributed by atoms with Crippen LogP contribution < -0.4 is 0 Å². The number of thioether (sulfide) groups is 1. The van der Waals surface area contributed by atoms with Gasteiger partial charge in [0.2, 0.25) is 0 Å². The number of carbonyl (C=O) groups is 3. The summed E-state index contributed by atoms with van der Waals surface area (Å²) in [4.78, 5) is 43.2. The van der Waals surface area contributed by atoms with Crippen LogP contribution in [0.1, 0.15) is 42.5 Å². The summed E-state index contributed by atoms with van der Waals surface area (Å²) in [6.07, 6.45) is 0. The van der Waals surface area contributed by atoms with E-state index in [1.807, 2.05) is 13.0 Å². The first-order chi connectivity index (χ1) is 13.5. The maximum Gasteiger partial charge on any atom is 0.365 e. The number of benzene rings is 2. The van der Waals surface area contributed by atoms with E-state index in [-0.39, 0.29) is 16.7 Å². The molecule has 0 bridgehead atoms. The highest BCUT2D eigenvalue weighted by Crippen LogP contribution is 2.29. The maximum absolute atomic E-state index is 12.7. The van der Waals surface area contributed by atoms with E-state index in [1.54, 1.807) is 36.4 Å². The molecule has 1 aromatic heterocycles. The van der Waals surface area contributed by atoms with Gasteiger partial charge < -0.3 is 9.36 Å². The predicted octanol–water partition coefficient (Wildman–Crippen LogP) is 3.64. The van der Waals surface area contributed by atoms with Crippen LogP contribution in [0.3, 0.4) is 0 Å². The minimum atomic E-state index is -0.786. The van der Waals surface area contributed by atoms with E-state index in [2.05, 4.69) is 5.16 Å². The second-order valence-corrected chi connectivity index (χ2v) is 7.07. The van der Waals surface area contributed by atoms with Gasteiger partial charge in [-0.3, -0.25) is 9.59 Å². The summed E-state index contributed by atoms with van der Waals surface area (Å²) in [5.74, 6) is -0.956. The molecule has 0 fully saturated rings. The van der Waals surface area contributed by atoms with Crippen LogP contribution in [0.4, 0.5) is 0 Å². The Morgan fingerprint density at radius 1 is 1.07 bits per heavy atom. The quantitative estimate of drug-likeness (QED) is 0.482. The van der Waals surface area contributed by atoms with Crippen LogP contribution in [-0.2, 0) is 10.6 Å². The van der Waals surface area contributed by atoms with E-state index in [4.69, 9.17) is 9.36 Å². The first-order valence-corrected chi connectivity index (χ1v) is 9.37. The lowest BCUT2D eigenvalue weighted by molar-refractivity contribution is -0.0586. The average Bonchev–Trinajstić information content (AvgIpc) is 3.23. The second kappa shape index (κ2) is 7.32. The minimum Gasteiger partial charge on any atom is -0.360 e. The number of aryl methyl sites for hydroxylation is 1. The van der Waals surface area contributed by atoms with Gasteiger partial charge in [-0.25, -0.2) is 4.79 Å². The lowest BCUT2D eigenvalue weighted by Crippen LogP contribution is -2.32. The summed E-state index contributed by atoms with van der Waals surface area (Å²) in [7, 11) is 0. The van der Waals surface area contributed by atoms with Gasteiger partial charge in [0.25, 0.3) is 11.8 Å². The van der Waals surface area contributed by atoms with E-state index in [1.165, 1.54) is 23.9 Å². The Bertz CT molecular complexity index is 1060. The van der Waals surface area contributed by atoms with E-state index >= 15 is 0 Å². The van der Waals surface area contributed by atoms with E-state index < -0.39 is 17.8 Å². The van der Waals surface area contributed by atoms with E-state index in [0.717, 1.165) is 5.69 Å². The molecule has 4 rings (SSSR count). The number of carbonyl (C=O) groups excluding carboxylic acids is 3. The number of amides is 2. The van der Waals surface area contributed by atoms with Crippen molar-refractivity contribution in [1.29, 1.82) is 0 Å². The molecule has 0 atom stereocenters. The van der Waals surface area contributed by atoms with E-state index in [9.17, 15) is 14.4 Å². The van der Waals surface area contributed by atoms with Crippen LogP contribution in [0.5, 0.6) is 0 Å². The molecule has 140 valence electrons. The number of fused-ring (bicyclic) bond motifs is 1. The van der Waals surface area contributed by atoms with Crippen molar-refractivity contribution in [2.75, 3.05) is 0 Å². The van der Waals surface area contributed by atoms with Crippen LogP contribution >= 0.6 is 11.8 Å². The van der Waals surface area contributed by atoms with E-state index in [0.29, 0.717) is 21.5 Å². The van der Waals surface area contributed by atoms with Crippen molar-refractivity contribution in [3.05, 3.63) is 82.7 Å². The lowest BCUT2D eigenvalue weighted by Gasteiger charge is -2.14. The van der Waals surface area contributed by atoms with Crippen molar-refractivity contribution < 1.29 is 23.7 Å². The lowest BCUT2D eigenvalue weighted by atomic mass is 10.1. The fraction of sp³-hybridized carbons (Fsp3) is 0.100. The third-order valence-corrected chi connectivity index (χ3v) is 5.18. The minimum absolute atomic E-state index is 0.212. The first-order valence-electron chi connectivity index (χ1n) is 8.38. The van der Waals surface area contributed by atoms with Crippen LogP contribution in [0, 0.1) is 6.92 Å². The third-order valence-electron chi connectivity index (χ3n) is 4.08. The molecule has 0 saturated carbocycles. The third kappa shape index (κ3) is 3.29. The molecular weight excluding hydrogens is 380 g/mol. The molecule has 3 aromatic rings. The molecule has 2 heterocycles. The Morgan fingerprint density at radius 2 is 1.71 bits per heavy atom. The van der Waals surface area contributed by atoms with Gasteiger partial charge in [-0.1, -0.05) is 34.5 Å². The van der Waals surface area contributed by atoms with Crippen LogP contribution in [0.15, 0.2) is 64.0 Å². The monoisotopic (exact) mass is 394 g/mol. The molecule has 0 unspecified atom stereocenters. The number of aromatic nitrogens is 1. The molecule has 1 aliphatic rings. The van der Waals surface area contributed by atoms with Crippen molar-refractivity contribution >= 4 is 29.5 Å². The number of rotatable bonds is 5. The van der Waals surface area contributed by atoms with Gasteiger partial charge in [0, 0.05) is 11.0 Å². The summed E-state index contributed by atoms with van der Waals surface area (Å²) >= 11 is 1.37.